The van der Waals surface area contributed by atoms with Gasteiger partial charge in [0.1, 0.15) is 11.5 Å². The van der Waals surface area contributed by atoms with Crippen molar-refractivity contribution in [1.82, 2.24) is 34.7 Å². The maximum atomic E-state index is 12.8. The van der Waals surface area contributed by atoms with Crippen molar-refractivity contribution in [2.75, 3.05) is 18.4 Å². The number of anilines is 1. The first-order valence-electron chi connectivity index (χ1n) is 9.29. The van der Waals surface area contributed by atoms with Crippen molar-refractivity contribution in [3.05, 3.63) is 48.9 Å². The summed E-state index contributed by atoms with van der Waals surface area (Å²) in [7, 11) is 0. The van der Waals surface area contributed by atoms with Crippen molar-refractivity contribution in [1.29, 1.82) is 0 Å². The predicted molar refractivity (Wildman–Crippen MR) is 104 cm³/mol. The third kappa shape index (κ3) is 3.42. The zero-order valence-electron chi connectivity index (χ0n) is 15.3. The molecule has 5 heterocycles. The van der Waals surface area contributed by atoms with Gasteiger partial charge in [0.25, 0.3) is 0 Å². The third-order valence-corrected chi connectivity index (χ3v) is 4.88. The van der Waals surface area contributed by atoms with E-state index >= 15 is 0 Å². The molecule has 1 fully saturated rings. The molecule has 10 heteroatoms. The molecule has 8 nitrogen and oxygen atoms in total. The summed E-state index contributed by atoms with van der Waals surface area (Å²) in [4.78, 5) is 9.09. The van der Waals surface area contributed by atoms with Gasteiger partial charge in [0, 0.05) is 24.3 Å². The molecule has 1 saturated heterocycles. The topological polar surface area (TPSA) is 85.0 Å². The first-order chi connectivity index (χ1) is 14.2. The van der Waals surface area contributed by atoms with Gasteiger partial charge in [0.05, 0.1) is 23.8 Å². The molecule has 2 N–H and O–H groups in total. The van der Waals surface area contributed by atoms with E-state index in [2.05, 4.69) is 25.8 Å². The van der Waals surface area contributed by atoms with Gasteiger partial charge in [-0.1, -0.05) is 6.07 Å². The van der Waals surface area contributed by atoms with Crippen LogP contribution in [0, 0.1) is 0 Å². The zero-order chi connectivity index (χ0) is 19.8. The average molecular weight is 396 g/mol. The van der Waals surface area contributed by atoms with Crippen LogP contribution in [-0.2, 0) is 0 Å². The van der Waals surface area contributed by atoms with Crippen LogP contribution in [0.25, 0.3) is 28.3 Å². The molecule has 0 radical (unpaired) electrons. The lowest BCUT2D eigenvalue weighted by Gasteiger charge is -2.12. The van der Waals surface area contributed by atoms with Crippen LogP contribution in [0.15, 0.2) is 48.9 Å². The summed E-state index contributed by atoms with van der Waals surface area (Å²) in [5.41, 5.74) is 3.11. The lowest BCUT2D eigenvalue weighted by atomic mass is 10.2. The summed E-state index contributed by atoms with van der Waals surface area (Å²) in [6, 6.07) is 9.64. The van der Waals surface area contributed by atoms with E-state index in [0.29, 0.717) is 27.6 Å². The van der Waals surface area contributed by atoms with Gasteiger partial charge >= 0.3 is 6.55 Å². The van der Waals surface area contributed by atoms with Gasteiger partial charge in [-0.2, -0.15) is 19.0 Å². The molecule has 0 saturated carbocycles. The fourth-order valence-corrected chi connectivity index (χ4v) is 3.42. The zero-order valence-corrected chi connectivity index (χ0v) is 15.3. The van der Waals surface area contributed by atoms with Crippen molar-refractivity contribution in [3.8, 4) is 22.6 Å². The summed E-state index contributed by atoms with van der Waals surface area (Å²) in [6.45, 7) is -0.774. The molecule has 1 aliphatic rings. The summed E-state index contributed by atoms with van der Waals surface area (Å²) >= 11 is 0. The number of aromatic nitrogens is 6. The number of halogens is 2. The highest BCUT2D eigenvalue weighted by Gasteiger charge is 2.16. The van der Waals surface area contributed by atoms with E-state index in [1.165, 1.54) is 12.4 Å². The van der Waals surface area contributed by atoms with E-state index in [1.54, 1.807) is 22.8 Å². The van der Waals surface area contributed by atoms with Crippen LogP contribution < -0.4 is 10.6 Å². The first-order valence-corrected chi connectivity index (χ1v) is 9.29. The number of hydrogen-bond acceptors (Lipinski definition) is 6. The number of nitrogens with zero attached hydrogens (tertiary/aromatic N) is 6. The Hall–Kier alpha value is -3.40. The van der Waals surface area contributed by atoms with Crippen LogP contribution in [-0.4, -0.2) is 48.5 Å². The van der Waals surface area contributed by atoms with Crippen LogP contribution in [0.3, 0.4) is 0 Å². The number of pyridine rings is 1. The molecular weight excluding hydrogens is 378 g/mol. The number of alkyl halides is 2. The molecule has 148 valence electrons. The van der Waals surface area contributed by atoms with Crippen molar-refractivity contribution < 1.29 is 8.78 Å². The van der Waals surface area contributed by atoms with Gasteiger partial charge in [0.2, 0.25) is 0 Å². The van der Waals surface area contributed by atoms with Gasteiger partial charge in [-0.05, 0) is 37.2 Å². The Morgan fingerprint density at radius 3 is 2.86 bits per heavy atom. The van der Waals surface area contributed by atoms with Crippen LogP contribution in [0.2, 0.25) is 0 Å². The maximum absolute atomic E-state index is 12.8. The van der Waals surface area contributed by atoms with E-state index in [9.17, 15) is 8.78 Å². The standard InChI is InChI=1S/C19H18F2N8/c20-19(21)28-11-12(8-24-28)14-4-5-18-23-10-16(29(18)27-14)15-2-1-3-17(26-15)25-13-6-7-22-9-13/h1-5,8,10-11,13,19,22H,6-7,9H2,(H,25,26). The SMILES string of the molecule is FC(F)n1cc(-c2ccc3ncc(-c4cccc(NC5CCNC5)n4)n3n2)cn1. The predicted octanol–water partition coefficient (Wildman–Crippen LogP) is 2.82. The van der Waals surface area contributed by atoms with E-state index in [-0.39, 0.29) is 0 Å². The maximum Gasteiger partial charge on any atom is 0.333 e. The number of hydrogen-bond donors (Lipinski definition) is 2. The molecule has 1 aliphatic heterocycles. The fourth-order valence-electron chi connectivity index (χ4n) is 3.42. The van der Waals surface area contributed by atoms with Crippen molar-refractivity contribution in [2.45, 2.75) is 19.0 Å². The largest absolute Gasteiger partial charge is 0.366 e. The highest BCUT2D eigenvalue weighted by atomic mass is 19.3. The van der Waals surface area contributed by atoms with Crippen LogP contribution in [0.5, 0.6) is 0 Å². The molecule has 4 aromatic rings. The van der Waals surface area contributed by atoms with Crippen LogP contribution >= 0.6 is 0 Å². The summed E-state index contributed by atoms with van der Waals surface area (Å²) in [5, 5.41) is 15.0. The van der Waals surface area contributed by atoms with Gasteiger partial charge < -0.3 is 10.6 Å². The molecule has 1 unspecified atom stereocenters. The van der Waals surface area contributed by atoms with Crippen molar-refractivity contribution in [3.63, 3.8) is 0 Å². The second kappa shape index (κ2) is 7.21. The minimum absolute atomic E-state index is 0.357. The second-order valence-electron chi connectivity index (χ2n) is 6.86. The molecule has 0 spiro atoms. The second-order valence-corrected chi connectivity index (χ2v) is 6.86. The first kappa shape index (κ1) is 17.7. The van der Waals surface area contributed by atoms with E-state index < -0.39 is 6.55 Å². The molecule has 29 heavy (non-hydrogen) atoms. The number of fused-ring (bicyclic) bond motifs is 1. The van der Waals surface area contributed by atoms with Gasteiger partial charge in [0.15, 0.2) is 5.65 Å². The summed E-state index contributed by atoms with van der Waals surface area (Å²) < 4.78 is 27.9. The van der Waals surface area contributed by atoms with Gasteiger partial charge in [-0.15, -0.1) is 0 Å². The van der Waals surface area contributed by atoms with Crippen molar-refractivity contribution >= 4 is 11.5 Å². The smallest absolute Gasteiger partial charge is 0.333 e. The monoisotopic (exact) mass is 396 g/mol. The molecule has 0 aromatic carbocycles. The molecular formula is C19H18F2N8. The number of rotatable bonds is 5. The Balaban J connectivity index is 1.50. The Morgan fingerprint density at radius 1 is 1.14 bits per heavy atom. The molecule has 5 rings (SSSR count). The highest BCUT2D eigenvalue weighted by molar-refractivity contribution is 5.64. The molecule has 0 aliphatic carbocycles. The van der Waals surface area contributed by atoms with E-state index in [1.807, 2.05) is 18.2 Å². The minimum Gasteiger partial charge on any atom is -0.366 e. The molecule has 0 amide bonds. The molecule has 0 bridgehead atoms. The van der Waals surface area contributed by atoms with Crippen LogP contribution in [0.1, 0.15) is 13.0 Å². The van der Waals surface area contributed by atoms with Gasteiger partial charge in [-0.25, -0.2) is 19.2 Å². The summed E-state index contributed by atoms with van der Waals surface area (Å²) in [6.07, 6.45) is 5.40. The lowest BCUT2D eigenvalue weighted by molar-refractivity contribution is 0.0566. The quantitative estimate of drug-likeness (QED) is 0.540. The lowest BCUT2D eigenvalue weighted by Crippen LogP contribution is -2.22. The average Bonchev–Trinajstić information content (AvgIpc) is 3.48. The van der Waals surface area contributed by atoms with Crippen molar-refractivity contribution in [2.24, 2.45) is 0 Å². The third-order valence-electron chi connectivity index (χ3n) is 4.88. The normalized spacial score (nSPS) is 16.7. The minimum atomic E-state index is -2.69. The number of nitrogens with one attached hydrogen (secondary N) is 2. The number of imidazole rings is 1. The Bertz CT molecular complexity index is 1150. The molecule has 4 aromatic heterocycles. The Labute approximate surface area is 164 Å². The van der Waals surface area contributed by atoms with E-state index in [0.717, 1.165) is 36.7 Å². The summed E-state index contributed by atoms with van der Waals surface area (Å²) in [5.74, 6) is 0.792. The van der Waals surface area contributed by atoms with E-state index in [4.69, 9.17) is 4.98 Å². The molecule has 1 atom stereocenters. The van der Waals surface area contributed by atoms with Crippen LogP contribution in [0.4, 0.5) is 14.6 Å². The Kier molecular flexibility index (Phi) is 4.39. The Morgan fingerprint density at radius 2 is 2.07 bits per heavy atom. The van der Waals surface area contributed by atoms with Gasteiger partial charge in [-0.3, -0.25) is 0 Å². The fraction of sp³-hybridized carbons (Fsp3) is 0.263. The highest BCUT2D eigenvalue weighted by Crippen LogP contribution is 2.24.